The number of hydrogen-bond donors (Lipinski definition) is 0. The molecule has 1 heterocycles. The first-order chi connectivity index (χ1) is 16.0. The lowest BCUT2D eigenvalue weighted by Gasteiger charge is -2.26. The van der Waals surface area contributed by atoms with Gasteiger partial charge in [0.2, 0.25) is 0 Å². The van der Waals surface area contributed by atoms with E-state index in [0.717, 1.165) is 20.6 Å². The minimum atomic E-state index is -1.52. The number of hydrogen-bond acceptors (Lipinski definition) is 4. The van der Waals surface area contributed by atoms with Crippen LogP contribution in [0.2, 0.25) is 0 Å². The van der Waals surface area contributed by atoms with Crippen molar-refractivity contribution in [2.24, 2.45) is 0 Å². The van der Waals surface area contributed by atoms with Crippen LogP contribution in [0, 0.1) is 0 Å². The zero-order valence-corrected chi connectivity index (χ0v) is 17.8. The average Bonchev–Trinajstić information content (AvgIpc) is 2.84. The Morgan fingerprint density at radius 3 is 1.73 bits per heavy atom. The maximum absolute atomic E-state index is 13.4. The molecule has 3 aromatic carbocycles. The fraction of sp³-hybridized carbons (Fsp3) is 0.115. The molecule has 0 spiro atoms. The SMILES string of the molecule is O=C([O-])N(Cc1ccccc1)c1cn(Cc2ccccc2)c(=O)n(Cc2ccccc2)c1=O. The molecule has 0 aliphatic rings. The standard InChI is InChI=1S/C26H23N3O4/c30-24-23(28(26(32)33)17-21-12-6-2-7-13-21)19-27(16-20-10-4-1-5-11-20)25(31)29(24)18-22-14-8-3-9-15-22/h1-15,19H,16-18H2,(H,32,33)/p-1. The van der Waals surface area contributed by atoms with Crippen molar-refractivity contribution in [3.63, 3.8) is 0 Å². The fourth-order valence-corrected chi connectivity index (χ4v) is 3.64. The van der Waals surface area contributed by atoms with Crippen LogP contribution in [-0.4, -0.2) is 15.2 Å². The predicted molar refractivity (Wildman–Crippen MR) is 124 cm³/mol. The Kier molecular flexibility index (Phi) is 6.50. The second-order valence-electron chi connectivity index (χ2n) is 7.62. The van der Waals surface area contributed by atoms with Gasteiger partial charge in [-0.15, -0.1) is 0 Å². The molecule has 7 heteroatoms. The van der Waals surface area contributed by atoms with Gasteiger partial charge < -0.3 is 14.8 Å². The van der Waals surface area contributed by atoms with Crippen molar-refractivity contribution in [1.29, 1.82) is 0 Å². The summed E-state index contributed by atoms with van der Waals surface area (Å²) >= 11 is 0. The van der Waals surface area contributed by atoms with Crippen molar-refractivity contribution in [2.45, 2.75) is 19.6 Å². The van der Waals surface area contributed by atoms with Crippen LogP contribution in [0.3, 0.4) is 0 Å². The van der Waals surface area contributed by atoms with Crippen LogP contribution in [0.15, 0.2) is 107 Å². The maximum atomic E-state index is 13.4. The summed E-state index contributed by atoms with van der Waals surface area (Å²) in [6.45, 7) is 0.134. The van der Waals surface area contributed by atoms with E-state index in [0.29, 0.717) is 5.56 Å². The quantitative estimate of drug-likeness (QED) is 0.442. The molecule has 4 aromatic rings. The highest BCUT2D eigenvalue weighted by atomic mass is 16.4. The Bertz CT molecular complexity index is 1350. The second-order valence-corrected chi connectivity index (χ2v) is 7.62. The Morgan fingerprint density at radius 1 is 0.727 bits per heavy atom. The highest BCUT2D eigenvalue weighted by Crippen LogP contribution is 2.13. The molecular weight excluding hydrogens is 418 g/mol. The maximum Gasteiger partial charge on any atom is 0.331 e. The van der Waals surface area contributed by atoms with Crippen molar-refractivity contribution in [3.05, 3.63) is 135 Å². The number of aromatic nitrogens is 2. The van der Waals surface area contributed by atoms with Gasteiger partial charge in [-0.25, -0.2) is 4.79 Å². The summed E-state index contributed by atoms with van der Waals surface area (Å²) in [5.41, 5.74) is 0.950. The minimum absolute atomic E-state index is 0.0212. The summed E-state index contributed by atoms with van der Waals surface area (Å²) in [5, 5.41) is 12.1. The number of nitrogens with zero attached hydrogens (tertiary/aromatic N) is 3. The average molecular weight is 440 g/mol. The van der Waals surface area contributed by atoms with E-state index in [9.17, 15) is 19.5 Å². The molecule has 0 atom stereocenters. The Morgan fingerprint density at radius 2 is 1.21 bits per heavy atom. The summed E-state index contributed by atoms with van der Waals surface area (Å²) in [6, 6.07) is 27.3. The molecular formula is C26H22N3O4-. The third-order valence-corrected chi connectivity index (χ3v) is 5.29. The minimum Gasteiger partial charge on any atom is -0.530 e. The van der Waals surface area contributed by atoms with Crippen molar-refractivity contribution in [3.8, 4) is 0 Å². The van der Waals surface area contributed by atoms with Crippen molar-refractivity contribution in [2.75, 3.05) is 4.90 Å². The lowest BCUT2D eigenvalue weighted by atomic mass is 10.2. The lowest BCUT2D eigenvalue weighted by molar-refractivity contribution is -0.246. The zero-order chi connectivity index (χ0) is 23.2. The van der Waals surface area contributed by atoms with E-state index in [1.807, 2.05) is 54.6 Å². The number of carbonyl (C=O) groups is 1. The predicted octanol–water partition coefficient (Wildman–Crippen LogP) is 2.46. The number of amides is 1. The monoisotopic (exact) mass is 440 g/mol. The van der Waals surface area contributed by atoms with E-state index >= 15 is 0 Å². The van der Waals surface area contributed by atoms with Crippen molar-refractivity contribution < 1.29 is 9.90 Å². The van der Waals surface area contributed by atoms with Crippen molar-refractivity contribution in [1.82, 2.24) is 9.13 Å². The molecule has 0 N–H and O–H groups in total. The summed E-state index contributed by atoms with van der Waals surface area (Å²) in [4.78, 5) is 39.5. The van der Waals surface area contributed by atoms with Crippen LogP contribution in [0.25, 0.3) is 0 Å². The fourth-order valence-electron chi connectivity index (χ4n) is 3.64. The molecule has 0 radical (unpaired) electrons. The van der Waals surface area contributed by atoms with Crippen LogP contribution in [0.1, 0.15) is 16.7 Å². The van der Waals surface area contributed by atoms with Gasteiger partial charge in [-0.3, -0.25) is 13.9 Å². The van der Waals surface area contributed by atoms with Crippen LogP contribution >= 0.6 is 0 Å². The van der Waals surface area contributed by atoms with Crippen molar-refractivity contribution >= 4 is 11.8 Å². The smallest absolute Gasteiger partial charge is 0.331 e. The molecule has 4 rings (SSSR count). The highest BCUT2D eigenvalue weighted by molar-refractivity contribution is 5.83. The van der Waals surface area contributed by atoms with Crippen LogP contribution in [0.5, 0.6) is 0 Å². The molecule has 0 aliphatic heterocycles. The summed E-state index contributed by atoms with van der Waals surface area (Å²) < 4.78 is 2.42. The van der Waals surface area contributed by atoms with Crippen LogP contribution in [-0.2, 0) is 19.6 Å². The van der Waals surface area contributed by atoms with Gasteiger partial charge in [-0.2, -0.15) is 0 Å². The Labute approximate surface area is 190 Å². The summed E-state index contributed by atoms with van der Waals surface area (Å²) in [5.74, 6) is 0. The number of carboxylic acid groups (broad SMARTS) is 1. The van der Waals surface area contributed by atoms with Crippen LogP contribution in [0.4, 0.5) is 10.5 Å². The molecule has 0 aliphatic carbocycles. The molecule has 33 heavy (non-hydrogen) atoms. The molecule has 1 aromatic heterocycles. The molecule has 0 saturated carbocycles. The zero-order valence-electron chi connectivity index (χ0n) is 17.8. The van der Waals surface area contributed by atoms with E-state index in [1.54, 1.807) is 36.4 Å². The summed E-state index contributed by atoms with van der Waals surface area (Å²) in [6.07, 6.45) is -0.218. The molecule has 0 fully saturated rings. The Hall–Kier alpha value is -4.39. The molecule has 166 valence electrons. The van der Waals surface area contributed by atoms with Gasteiger partial charge in [0.05, 0.1) is 13.1 Å². The first kappa shape index (κ1) is 21.8. The van der Waals surface area contributed by atoms with Gasteiger partial charge >= 0.3 is 5.69 Å². The second kappa shape index (κ2) is 9.82. The van der Waals surface area contributed by atoms with E-state index in [2.05, 4.69) is 0 Å². The number of rotatable bonds is 7. The van der Waals surface area contributed by atoms with E-state index in [4.69, 9.17) is 0 Å². The normalized spacial score (nSPS) is 10.7. The molecule has 1 amide bonds. The third kappa shape index (κ3) is 5.10. The van der Waals surface area contributed by atoms with Gasteiger partial charge in [-0.1, -0.05) is 91.0 Å². The first-order valence-corrected chi connectivity index (χ1v) is 10.5. The van der Waals surface area contributed by atoms with Crippen LogP contribution < -0.4 is 21.3 Å². The van der Waals surface area contributed by atoms with E-state index in [1.165, 1.54) is 10.8 Å². The molecule has 0 saturated heterocycles. The highest BCUT2D eigenvalue weighted by Gasteiger charge is 2.19. The van der Waals surface area contributed by atoms with Gasteiger partial charge in [0.25, 0.3) is 5.56 Å². The largest absolute Gasteiger partial charge is 0.530 e. The van der Waals surface area contributed by atoms with Gasteiger partial charge in [0, 0.05) is 12.7 Å². The number of benzene rings is 3. The molecule has 0 unspecified atom stereocenters. The third-order valence-electron chi connectivity index (χ3n) is 5.29. The first-order valence-electron chi connectivity index (χ1n) is 10.5. The Balaban J connectivity index is 1.84. The van der Waals surface area contributed by atoms with E-state index < -0.39 is 17.3 Å². The van der Waals surface area contributed by atoms with E-state index in [-0.39, 0.29) is 25.3 Å². The molecule has 0 bridgehead atoms. The number of carbonyl (C=O) groups excluding carboxylic acids is 1. The topological polar surface area (TPSA) is 87.4 Å². The number of anilines is 1. The molecule has 7 nitrogen and oxygen atoms in total. The summed E-state index contributed by atoms with van der Waals surface area (Å²) in [7, 11) is 0. The van der Waals surface area contributed by atoms with Gasteiger partial charge in [0.15, 0.2) is 0 Å². The lowest BCUT2D eigenvalue weighted by Crippen LogP contribution is -2.48. The van der Waals surface area contributed by atoms with Gasteiger partial charge in [0.1, 0.15) is 11.8 Å². The van der Waals surface area contributed by atoms with Gasteiger partial charge in [-0.05, 0) is 16.7 Å².